The van der Waals surface area contributed by atoms with E-state index in [1.165, 1.54) is 12.8 Å². The van der Waals surface area contributed by atoms with Gasteiger partial charge in [0.2, 0.25) is 0 Å². The van der Waals surface area contributed by atoms with Gasteiger partial charge in [-0.25, -0.2) is 0 Å². The molecular formula is C16H26BNO3. The Balaban J connectivity index is 2.02. The van der Waals surface area contributed by atoms with Crippen LogP contribution in [0.1, 0.15) is 53.9 Å². The van der Waals surface area contributed by atoms with Gasteiger partial charge in [-0.3, -0.25) is 4.98 Å². The molecular weight excluding hydrogens is 265 g/mol. The van der Waals surface area contributed by atoms with E-state index < -0.39 is 0 Å². The fourth-order valence-electron chi connectivity index (χ4n) is 2.16. The van der Waals surface area contributed by atoms with E-state index in [-0.39, 0.29) is 18.3 Å². The Labute approximate surface area is 128 Å². The Kier molecular flexibility index (Phi) is 4.94. The van der Waals surface area contributed by atoms with Gasteiger partial charge >= 0.3 is 7.12 Å². The van der Waals surface area contributed by atoms with Crippen molar-refractivity contribution in [2.24, 2.45) is 0 Å². The molecule has 0 amide bonds. The quantitative estimate of drug-likeness (QED) is 0.597. The van der Waals surface area contributed by atoms with Crippen LogP contribution in [0.2, 0.25) is 0 Å². The molecule has 1 aromatic rings. The maximum atomic E-state index is 6.03. The summed E-state index contributed by atoms with van der Waals surface area (Å²) in [6, 6.07) is 1.96. The van der Waals surface area contributed by atoms with Crippen molar-refractivity contribution in [1.29, 1.82) is 0 Å². The van der Waals surface area contributed by atoms with Crippen LogP contribution in [0.4, 0.5) is 0 Å². The van der Waals surface area contributed by atoms with E-state index in [0.29, 0.717) is 0 Å². The average Bonchev–Trinajstić information content (AvgIpc) is 2.64. The van der Waals surface area contributed by atoms with Crippen molar-refractivity contribution in [3.05, 3.63) is 18.5 Å². The van der Waals surface area contributed by atoms with Gasteiger partial charge in [-0.2, -0.15) is 0 Å². The molecule has 0 saturated carbocycles. The highest BCUT2D eigenvalue weighted by molar-refractivity contribution is 6.62. The Bertz CT molecular complexity index is 460. The molecule has 21 heavy (non-hydrogen) atoms. The standard InChI is InChI=1S/C16H26BNO3/c1-6-7-8-9-19-14-10-13(11-18-12-14)17-20-15(2,3)16(4,5)21-17/h10-12H,6-9H2,1-5H3. The topological polar surface area (TPSA) is 40.6 Å². The summed E-state index contributed by atoms with van der Waals surface area (Å²) in [5, 5.41) is 0. The van der Waals surface area contributed by atoms with Crippen molar-refractivity contribution in [1.82, 2.24) is 4.98 Å². The summed E-state index contributed by atoms with van der Waals surface area (Å²) in [7, 11) is -0.387. The van der Waals surface area contributed by atoms with Crippen molar-refractivity contribution >= 4 is 12.6 Å². The van der Waals surface area contributed by atoms with Crippen molar-refractivity contribution in [3.63, 3.8) is 0 Å². The van der Waals surface area contributed by atoms with Crippen LogP contribution >= 0.6 is 0 Å². The molecule has 0 atom stereocenters. The highest BCUT2D eigenvalue weighted by atomic mass is 16.7. The van der Waals surface area contributed by atoms with Gasteiger partial charge < -0.3 is 14.0 Å². The van der Waals surface area contributed by atoms with Crippen LogP contribution in [0.3, 0.4) is 0 Å². The number of hydrogen-bond donors (Lipinski definition) is 0. The number of unbranched alkanes of at least 4 members (excludes halogenated alkanes) is 2. The summed E-state index contributed by atoms with van der Waals surface area (Å²) >= 11 is 0. The van der Waals surface area contributed by atoms with E-state index in [1.54, 1.807) is 12.4 Å². The monoisotopic (exact) mass is 291 g/mol. The third-order valence-electron chi connectivity index (χ3n) is 4.28. The van der Waals surface area contributed by atoms with Crippen LogP contribution in [0.25, 0.3) is 0 Å². The summed E-state index contributed by atoms with van der Waals surface area (Å²) < 4.78 is 17.8. The second-order valence-corrected chi connectivity index (χ2v) is 6.60. The van der Waals surface area contributed by atoms with Crippen LogP contribution in [-0.4, -0.2) is 29.9 Å². The molecule has 0 aromatic carbocycles. The predicted molar refractivity (Wildman–Crippen MR) is 85.0 cm³/mol. The lowest BCUT2D eigenvalue weighted by molar-refractivity contribution is 0.00578. The molecule has 2 heterocycles. The zero-order valence-electron chi connectivity index (χ0n) is 13.8. The number of aromatic nitrogens is 1. The summed E-state index contributed by atoms with van der Waals surface area (Å²) in [5.74, 6) is 0.776. The molecule has 1 saturated heterocycles. The van der Waals surface area contributed by atoms with Crippen molar-refractivity contribution < 1.29 is 14.0 Å². The minimum Gasteiger partial charge on any atom is -0.492 e. The summed E-state index contributed by atoms with van der Waals surface area (Å²) in [5.41, 5.74) is 0.229. The first-order valence-electron chi connectivity index (χ1n) is 7.79. The van der Waals surface area contributed by atoms with Gasteiger partial charge in [0.25, 0.3) is 0 Å². The first-order valence-corrected chi connectivity index (χ1v) is 7.79. The van der Waals surface area contributed by atoms with Gasteiger partial charge in [-0.15, -0.1) is 0 Å². The highest BCUT2D eigenvalue weighted by Gasteiger charge is 2.51. The zero-order valence-corrected chi connectivity index (χ0v) is 13.8. The largest absolute Gasteiger partial charge is 0.496 e. The van der Waals surface area contributed by atoms with Gasteiger partial charge in [0.05, 0.1) is 24.0 Å². The van der Waals surface area contributed by atoms with E-state index in [9.17, 15) is 0 Å². The molecule has 1 aliphatic heterocycles. The lowest BCUT2D eigenvalue weighted by Gasteiger charge is -2.32. The molecule has 1 aromatic heterocycles. The van der Waals surface area contributed by atoms with Crippen molar-refractivity contribution in [3.8, 4) is 5.75 Å². The van der Waals surface area contributed by atoms with E-state index in [2.05, 4.69) is 11.9 Å². The molecule has 1 fully saturated rings. The summed E-state index contributed by atoms with van der Waals surface area (Å²) in [6.07, 6.45) is 6.96. The van der Waals surface area contributed by atoms with E-state index in [4.69, 9.17) is 14.0 Å². The smallest absolute Gasteiger partial charge is 0.492 e. The molecule has 0 N–H and O–H groups in total. The fourth-order valence-corrected chi connectivity index (χ4v) is 2.16. The number of nitrogens with zero attached hydrogens (tertiary/aromatic N) is 1. The van der Waals surface area contributed by atoms with Crippen LogP contribution in [0.15, 0.2) is 18.5 Å². The fraction of sp³-hybridized carbons (Fsp3) is 0.688. The molecule has 2 rings (SSSR count). The van der Waals surface area contributed by atoms with E-state index in [1.807, 2.05) is 33.8 Å². The average molecular weight is 291 g/mol. The summed E-state index contributed by atoms with van der Waals surface area (Å²) in [6.45, 7) is 11.1. The molecule has 1 aliphatic rings. The minimum absolute atomic E-state index is 0.338. The number of ether oxygens (including phenoxy) is 1. The van der Waals surface area contributed by atoms with Crippen LogP contribution in [-0.2, 0) is 9.31 Å². The third kappa shape index (κ3) is 3.77. The second kappa shape index (κ2) is 6.36. The molecule has 0 spiro atoms. The first kappa shape index (κ1) is 16.3. The zero-order chi connectivity index (χ0) is 15.5. The van der Waals surface area contributed by atoms with Gasteiger partial charge in [0.1, 0.15) is 5.75 Å². The maximum Gasteiger partial charge on any atom is 0.496 e. The first-order chi connectivity index (χ1) is 9.86. The second-order valence-electron chi connectivity index (χ2n) is 6.60. The van der Waals surface area contributed by atoms with Crippen LogP contribution in [0.5, 0.6) is 5.75 Å². The van der Waals surface area contributed by atoms with Gasteiger partial charge in [0, 0.05) is 11.7 Å². The number of pyridine rings is 1. The SMILES string of the molecule is CCCCCOc1cncc(B2OC(C)(C)C(C)(C)O2)c1. The van der Waals surface area contributed by atoms with Gasteiger partial charge in [-0.1, -0.05) is 19.8 Å². The lowest BCUT2D eigenvalue weighted by atomic mass is 9.80. The minimum atomic E-state index is -0.387. The Morgan fingerprint density at radius 2 is 1.76 bits per heavy atom. The van der Waals surface area contributed by atoms with E-state index in [0.717, 1.165) is 24.2 Å². The molecule has 0 radical (unpaired) electrons. The highest BCUT2D eigenvalue weighted by Crippen LogP contribution is 2.36. The predicted octanol–water partition coefficient (Wildman–Crippen LogP) is 2.95. The Morgan fingerprint density at radius 3 is 2.38 bits per heavy atom. The third-order valence-corrected chi connectivity index (χ3v) is 4.28. The van der Waals surface area contributed by atoms with Crippen molar-refractivity contribution in [2.75, 3.05) is 6.61 Å². The van der Waals surface area contributed by atoms with Crippen LogP contribution in [0, 0.1) is 0 Å². The van der Waals surface area contributed by atoms with Crippen LogP contribution < -0.4 is 10.2 Å². The van der Waals surface area contributed by atoms with Gasteiger partial charge in [0.15, 0.2) is 0 Å². The summed E-state index contributed by atoms with van der Waals surface area (Å²) in [4.78, 5) is 4.24. The Hall–Kier alpha value is -1.07. The molecule has 0 aliphatic carbocycles. The lowest BCUT2D eigenvalue weighted by Crippen LogP contribution is -2.41. The number of rotatable bonds is 6. The van der Waals surface area contributed by atoms with Gasteiger partial charge in [-0.05, 0) is 40.2 Å². The van der Waals surface area contributed by atoms with Crippen molar-refractivity contribution in [2.45, 2.75) is 65.1 Å². The maximum absolute atomic E-state index is 6.03. The Morgan fingerprint density at radius 1 is 1.10 bits per heavy atom. The molecule has 116 valence electrons. The molecule has 5 heteroatoms. The molecule has 0 unspecified atom stereocenters. The molecule has 4 nitrogen and oxygen atoms in total. The van der Waals surface area contributed by atoms with E-state index >= 15 is 0 Å². The molecule has 0 bridgehead atoms. The number of hydrogen-bond acceptors (Lipinski definition) is 4. The normalized spacial score (nSPS) is 19.8.